The van der Waals surface area contributed by atoms with Gasteiger partial charge >= 0.3 is 6.09 Å². The number of rotatable bonds is 1. The number of aromatic amines is 1. The highest BCUT2D eigenvalue weighted by Gasteiger charge is 2.25. The first kappa shape index (κ1) is 11.2. The summed E-state index contributed by atoms with van der Waals surface area (Å²) in [6, 6.07) is 1.66. The summed E-state index contributed by atoms with van der Waals surface area (Å²) in [6.07, 6.45) is 1.52. The van der Waals surface area contributed by atoms with E-state index in [-0.39, 0.29) is 11.7 Å². The van der Waals surface area contributed by atoms with Gasteiger partial charge in [0, 0.05) is 24.0 Å². The number of hydrogen-bond acceptors (Lipinski definition) is 4. The number of carbonyl (C=O) groups is 1. The Morgan fingerprint density at radius 1 is 1.56 bits per heavy atom. The van der Waals surface area contributed by atoms with Crippen LogP contribution in [0.5, 0.6) is 0 Å². The number of ether oxygens (including phenoxy) is 1. The number of aromatic nitrogens is 1. The molecule has 2 heterocycles. The molecule has 0 unspecified atom stereocenters. The second-order valence-electron chi connectivity index (χ2n) is 3.85. The molecule has 1 aromatic rings. The van der Waals surface area contributed by atoms with Crippen LogP contribution >= 0.6 is 11.5 Å². The largest absolute Gasteiger partial charge is 0.453 e. The van der Waals surface area contributed by atoms with Crippen molar-refractivity contribution in [1.29, 1.82) is 0 Å². The minimum atomic E-state index is -0.263. The van der Waals surface area contributed by atoms with Gasteiger partial charge in [-0.25, -0.2) is 4.79 Å². The molecule has 1 saturated heterocycles. The fourth-order valence-electron chi connectivity index (χ4n) is 1.97. The van der Waals surface area contributed by atoms with E-state index >= 15 is 0 Å². The van der Waals surface area contributed by atoms with Crippen LogP contribution in [0.3, 0.4) is 0 Å². The summed E-state index contributed by atoms with van der Waals surface area (Å²) in [6.45, 7) is 1.40. The molecule has 0 aliphatic carbocycles. The van der Waals surface area contributed by atoms with Crippen molar-refractivity contribution in [1.82, 2.24) is 9.27 Å². The van der Waals surface area contributed by atoms with Gasteiger partial charge in [0.25, 0.3) is 5.56 Å². The Morgan fingerprint density at radius 2 is 2.25 bits per heavy atom. The van der Waals surface area contributed by atoms with Crippen LogP contribution < -0.4 is 5.56 Å². The van der Waals surface area contributed by atoms with Gasteiger partial charge in [-0.1, -0.05) is 11.5 Å². The lowest BCUT2D eigenvalue weighted by Crippen LogP contribution is -2.37. The van der Waals surface area contributed by atoms with E-state index in [2.05, 4.69) is 9.11 Å². The topological polar surface area (TPSA) is 62.4 Å². The lowest BCUT2D eigenvalue weighted by atomic mass is 9.96. The van der Waals surface area contributed by atoms with Crippen LogP contribution in [0.15, 0.2) is 10.9 Å². The summed E-state index contributed by atoms with van der Waals surface area (Å²) >= 11 is 1.40. The molecule has 1 fully saturated rings. The third-order valence-corrected chi connectivity index (χ3v) is 3.86. The highest BCUT2D eigenvalue weighted by molar-refractivity contribution is 7.05. The number of piperidine rings is 1. The fraction of sp³-hybridized carbons (Fsp3) is 0.600. The third-order valence-electron chi connectivity index (χ3n) is 2.87. The number of amides is 1. The summed E-state index contributed by atoms with van der Waals surface area (Å²) in [4.78, 5) is 25.1. The minimum Gasteiger partial charge on any atom is -0.453 e. The van der Waals surface area contributed by atoms with Crippen molar-refractivity contribution in [3.8, 4) is 0 Å². The zero-order chi connectivity index (χ0) is 11.5. The van der Waals surface area contributed by atoms with Crippen molar-refractivity contribution < 1.29 is 9.53 Å². The molecule has 5 nitrogen and oxygen atoms in total. The molecule has 0 bridgehead atoms. The Bertz CT molecular complexity index is 418. The maximum Gasteiger partial charge on any atom is 0.409 e. The Labute approximate surface area is 97.2 Å². The summed E-state index contributed by atoms with van der Waals surface area (Å²) in [5.74, 6) is 0.393. The lowest BCUT2D eigenvalue weighted by molar-refractivity contribution is 0.112. The molecular formula is C10H14N2O3S. The van der Waals surface area contributed by atoms with Crippen LogP contribution in [0.1, 0.15) is 23.6 Å². The predicted molar refractivity (Wildman–Crippen MR) is 60.9 cm³/mol. The van der Waals surface area contributed by atoms with Gasteiger partial charge in [-0.15, -0.1) is 0 Å². The van der Waals surface area contributed by atoms with E-state index in [4.69, 9.17) is 0 Å². The number of methoxy groups -OCH3 is 1. The first-order valence-corrected chi connectivity index (χ1v) is 6.03. The van der Waals surface area contributed by atoms with E-state index in [0.29, 0.717) is 19.0 Å². The average Bonchev–Trinajstić information content (AvgIpc) is 2.75. The number of nitrogens with one attached hydrogen (secondary N) is 1. The third kappa shape index (κ3) is 2.27. The molecular weight excluding hydrogens is 228 g/mol. The standard InChI is InChI=1S/C10H14N2O3S/c1-15-10(14)12-4-2-7(3-5-12)8-6-9(13)11-16-8/h6-7H,2-5H2,1H3,(H,11,13). The first-order chi connectivity index (χ1) is 7.70. The van der Waals surface area contributed by atoms with Crippen LogP contribution in [0, 0.1) is 0 Å². The van der Waals surface area contributed by atoms with E-state index in [9.17, 15) is 9.59 Å². The molecule has 1 aliphatic heterocycles. The van der Waals surface area contributed by atoms with Crippen molar-refractivity contribution in [2.75, 3.05) is 20.2 Å². The average molecular weight is 242 g/mol. The van der Waals surface area contributed by atoms with Gasteiger partial charge in [0.1, 0.15) is 0 Å². The van der Waals surface area contributed by atoms with Crippen molar-refractivity contribution >= 4 is 17.6 Å². The molecule has 1 amide bonds. The first-order valence-electron chi connectivity index (χ1n) is 5.22. The molecule has 1 aromatic heterocycles. The van der Waals surface area contributed by atoms with Gasteiger partial charge in [0.15, 0.2) is 0 Å². The number of likely N-dealkylation sites (tertiary alicyclic amines) is 1. The van der Waals surface area contributed by atoms with Gasteiger partial charge in [-0.2, -0.15) is 0 Å². The molecule has 1 N–H and O–H groups in total. The molecule has 0 aromatic carbocycles. The second kappa shape index (κ2) is 4.69. The van der Waals surface area contributed by atoms with Gasteiger partial charge < -0.3 is 9.64 Å². The molecule has 16 heavy (non-hydrogen) atoms. The number of H-pyrrole nitrogens is 1. The van der Waals surface area contributed by atoms with Crippen LogP contribution in [-0.2, 0) is 4.74 Å². The molecule has 0 spiro atoms. The van der Waals surface area contributed by atoms with Crippen molar-refractivity contribution in [2.45, 2.75) is 18.8 Å². The molecule has 6 heteroatoms. The van der Waals surface area contributed by atoms with Gasteiger partial charge in [-0.3, -0.25) is 9.17 Å². The highest BCUT2D eigenvalue weighted by atomic mass is 32.1. The van der Waals surface area contributed by atoms with Gasteiger partial charge in [0.05, 0.1) is 7.11 Å². The summed E-state index contributed by atoms with van der Waals surface area (Å²) in [5, 5.41) is 0. The fourth-order valence-corrected chi connectivity index (χ4v) is 2.82. The Balaban J connectivity index is 1.95. The second-order valence-corrected chi connectivity index (χ2v) is 4.73. The van der Waals surface area contributed by atoms with Crippen LogP contribution in [0.25, 0.3) is 0 Å². The van der Waals surface area contributed by atoms with E-state index < -0.39 is 0 Å². The molecule has 0 saturated carbocycles. The number of carbonyl (C=O) groups excluding carboxylic acids is 1. The van der Waals surface area contributed by atoms with E-state index in [1.54, 1.807) is 11.0 Å². The van der Waals surface area contributed by atoms with Crippen molar-refractivity contribution in [2.24, 2.45) is 0 Å². The predicted octanol–water partition coefficient (Wildman–Crippen LogP) is 1.38. The van der Waals surface area contributed by atoms with E-state index in [1.807, 2.05) is 0 Å². The van der Waals surface area contributed by atoms with Crippen molar-refractivity contribution in [3.63, 3.8) is 0 Å². The SMILES string of the molecule is COC(=O)N1CCC(c2cc(=O)[nH]s2)CC1. The van der Waals surface area contributed by atoms with Crippen LogP contribution in [0.2, 0.25) is 0 Å². The number of nitrogens with zero attached hydrogens (tertiary/aromatic N) is 1. The number of hydrogen-bond donors (Lipinski definition) is 1. The summed E-state index contributed by atoms with van der Waals surface area (Å²) < 4.78 is 7.36. The Kier molecular flexibility index (Phi) is 3.28. The van der Waals surface area contributed by atoms with E-state index in [1.165, 1.54) is 18.6 Å². The molecule has 0 radical (unpaired) electrons. The smallest absolute Gasteiger partial charge is 0.409 e. The summed E-state index contributed by atoms with van der Waals surface area (Å²) in [5.41, 5.74) is -0.0320. The molecule has 88 valence electrons. The Hall–Kier alpha value is -1.30. The maximum atomic E-state index is 11.3. The van der Waals surface area contributed by atoms with Crippen LogP contribution in [-0.4, -0.2) is 35.6 Å². The summed E-state index contributed by atoms with van der Waals surface area (Å²) in [7, 11) is 1.40. The molecule has 2 rings (SSSR count). The maximum absolute atomic E-state index is 11.3. The zero-order valence-corrected chi connectivity index (χ0v) is 9.88. The minimum absolute atomic E-state index is 0.0320. The molecule has 1 aliphatic rings. The van der Waals surface area contributed by atoms with Crippen molar-refractivity contribution in [3.05, 3.63) is 21.3 Å². The normalized spacial score (nSPS) is 17.4. The zero-order valence-electron chi connectivity index (χ0n) is 9.06. The highest BCUT2D eigenvalue weighted by Crippen LogP contribution is 2.29. The van der Waals surface area contributed by atoms with E-state index in [0.717, 1.165) is 17.7 Å². The lowest BCUT2D eigenvalue weighted by Gasteiger charge is -2.30. The van der Waals surface area contributed by atoms with Crippen LogP contribution in [0.4, 0.5) is 4.79 Å². The molecule has 0 atom stereocenters. The van der Waals surface area contributed by atoms with Gasteiger partial charge in [0.2, 0.25) is 0 Å². The monoisotopic (exact) mass is 242 g/mol. The quantitative estimate of drug-likeness (QED) is 0.809. The van der Waals surface area contributed by atoms with Gasteiger partial charge in [-0.05, 0) is 18.8 Å². The Morgan fingerprint density at radius 3 is 2.75 bits per heavy atom.